The number of aromatic hydroxyl groups is 1. The van der Waals surface area contributed by atoms with Gasteiger partial charge >= 0.3 is 0 Å². The van der Waals surface area contributed by atoms with Gasteiger partial charge in [-0.15, -0.1) is 0 Å². The van der Waals surface area contributed by atoms with Crippen molar-refractivity contribution in [3.05, 3.63) is 29.8 Å². The van der Waals surface area contributed by atoms with Crippen LogP contribution in [0.1, 0.15) is 37.8 Å². The maximum atomic E-state index is 9.94. The quantitative estimate of drug-likeness (QED) is 0.860. The lowest BCUT2D eigenvalue weighted by Crippen LogP contribution is -2.39. The summed E-state index contributed by atoms with van der Waals surface area (Å²) in [6, 6.07) is 8.38. The molecule has 0 radical (unpaired) electrons. The fourth-order valence-electron chi connectivity index (χ4n) is 3.18. The van der Waals surface area contributed by atoms with Gasteiger partial charge < -0.3 is 10.8 Å². The first kappa shape index (κ1) is 13.4. The third-order valence-electron chi connectivity index (χ3n) is 4.44. The zero-order valence-electron chi connectivity index (χ0n) is 11.3. The number of hydrogen-bond acceptors (Lipinski definition) is 3. The second-order valence-electron chi connectivity index (χ2n) is 5.39. The van der Waals surface area contributed by atoms with Crippen LogP contribution in [0.3, 0.4) is 0 Å². The van der Waals surface area contributed by atoms with E-state index in [4.69, 9.17) is 5.73 Å². The van der Waals surface area contributed by atoms with Gasteiger partial charge in [0, 0.05) is 17.6 Å². The average Bonchev–Trinajstić information content (AvgIpc) is 2.86. The first-order valence-electron chi connectivity index (χ1n) is 6.85. The van der Waals surface area contributed by atoms with Crippen molar-refractivity contribution in [2.45, 2.75) is 38.3 Å². The minimum absolute atomic E-state index is 0.225. The SMILES string of the molecule is CC(c1ccccc1O)N(C)C1CCCC1CN. The summed E-state index contributed by atoms with van der Waals surface area (Å²) in [7, 11) is 2.15. The molecule has 0 spiro atoms. The molecule has 1 aliphatic rings. The number of nitrogens with zero attached hydrogens (tertiary/aromatic N) is 1. The molecule has 0 saturated heterocycles. The largest absolute Gasteiger partial charge is 0.508 e. The Morgan fingerprint density at radius 2 is 2.11 bits per heavy atom. The molecule has 0 aromatic heterocycles. The van der Waals surface area contributed by atoms with E-state index in [9.17, 15) is 5.11 Å². The highest BCUT2D eigenvalue weighted by atomic mass is 16.3. The molecule has 1 aromatic carbocycles. The molecule has 0 amide bonds. The summed E-state index contributed by atoms with van der Waals surface area (Å²) in [6.45, 7) is 2.92. The van der Waals surface area contributed by atoms with Gasteiger partial charge in [-0.1, -0.05) is 24.6 Å². The molecule has 1 aromatic rings. The monoisotopic (exact) mass is 248 g/mol. The van der Waals surface area contributed by atoms with Crippen LogP contribution in [0.5, 0.6) is 5.75 Å². The molecule has 3 unspecified atom stereocenters. The molecule has 18 heavy (non-hydrogen) atoms. The summed E-state index contributed by atoms with van der Waals surface area (Å²) < 4.78 is 0. The molecular formula is C15H24N2O. The van der Waals surface area contributed by atoms with Crippen molar-refractivity contribution in [2.24, 2.45) is 11.7 Å². The zero-order valence-corrected chi connectivity index (χ0v) is 11.3. The minimum atomic E-state index is 0.225. The van der Waals surface area contributed by atoms with Crippen LogP contribution in [0.2, 0.25) is 0 Å². The van der Waals surface area contributed by atoms with Gasteiger partial charge in [0.15, 0.2) is 0 Å². The molecule has 2 rings (SSSR count). The van der Waals surface area contributed by atoms with Gasteiger partial charge in [-0.3, -0.25) is 4.90 Å². The van der Waals surface area contributed by atoms with Gasteiger partial charge in [0.25, 0.3) is 0 Å². The molecule has 3 atom stereocenters. The van der Waals surface area contributed by atoms with Gasteiger partial charge in [0.1, 0.15) is 5.75 Å². The molecule has 1 aliphatic carbocycles. The van der Waals surface area contributed by atoms with Gasteiger partial charge in [0.05, 0.1) is 0 Å². The topological polar surface area (TPSA) is 49.5 Å². The van der Waals surface area contributed by atoms with Crippen LogP contribution in [-0.2, 0) is 0 Å². The summed E-state index contributed by atoms with van der Waals surface area (Å²) in [6.07, 6.45) is 3.72. The molecule has 3 heteroatoms. The highest BCUT2D eigenvalue weighted by molar-refractivity contribution is 5.34. The van der Waals surface area contributed by atoms with E-state index in [0.717, 1.165) is 12.1 Å². The van der Waals surface area contributed by atoms with Crippen molar-refractivity contribution in [1.29, 1.82) is 0 Å². The average molecular weight is 248 g/mol. The predicted octanol–water partition coefficient (Wildman–Crippen LogP) is 2.51. The van der Waals surface area contributed by atoms with Crippen LogP contribution < -0.4 is 5.73 Å². The number of phenolic OH excluding ortho intramolecular Hbond substituents is 1. The predicted molar refractivity (Wildman–Crippen MR) is 74.5 cm³/mol. The van der Waals surface area contributed by atoms with Gasteiger partial charge in [0.2, 0.25) is 0 Å². The van der Waals surface area contributed by atoms with Crippen molar-refractivity contribution in [3.63, 3.8) is 0 Å². The number of phenols is 1. The molecule has 0 bridgehead atoms. The Bertz CT molecular complexity index is 394. The Morgan fingerprint density at radius 1 is 1.39 bits per heavy atom. The Hall–Kier alpha value is -1.06. The van der Waals surface area contributed by atoms with Crippen molar-refractivity contribution in [3.8, 4) is 5.75 Å². The molecule has 1 fully saturated rings. The first-order valence-corrected chi connectivity index (χ1v) is 6.85. The Balaban J connectivity index is 2.13. The Morgan fingerprint density at radius 3 is 2.78 bits per heavy atom. The van der Waals surface area contributed by atoms with Crippen molar-refractivity contribution >= 4 is 0 Å². The van der Waals surface area contributed by atoms with Crippen LogP contribution in [0.4, 0.5) is 0 Å². The standard InChI is InChI=1S/C15H24N2O/c1-11(13-7-3-4-9-15(13)18)17(2)14-8-5-6-12(14)10-16/h3-4,7,9,11-12,14,18H,5-6,8,10,16H2,1-2H3. The van der Waals surface area contributed by atoms with Gasteiger partial charge in [-0.2, -0.15) is 0 Å². The highest BCUT2D eigenvalue weighted by Gasteiger charge is 2.32. The Labute approximate surface area is 110 Å². The maximum Gasteiger partial charge on any atom is 0.120 e. The van der Waals surface area contributed by atoms with E-state index >= 15 is 0 Å². The van der Waals surface area contributed by atoms with Crippen molar-refractivity contribution < 1.29 is 5.11 Å². The molecule has 1 saturated carbocycles. The van der Waals surface area contributed by atoms with E-state index in [-0.39, 0.29) is 6.04 Å². The van der Waals surface area contributed by atoms with E-state index in [0.29, 0.717) is 17.7 Å². The van der Waals surface area contributed by atoms with Crippen LogP contribution in [0.25, 0.3) is 0 Å². The van der Waals surface area contributed by atoms with Gasteiger partial charge in [-0.05, 0) is 45.3 Å². The lowest BCUT2D eigenvalue weighted by molar-refractivity contribution is 0.150. The Kier molecular flexibility index (Phi) is 4.25. The smallest absolute Gasteiger partial charge is 0.120 e. The van der Waals surface area contributed by atoms with E-state index in [1.807, 2.05) is 18.2 Å². The summed E-state index contributed by atoms with van der Waals surface area (Å²) >= 11 is 0. The fourth-order valence-corrected chi connectivity index (χ4v) is 3.18. The summed E-state index contributed by atoms with van der Waals surface area (Å²) in [4.78, 5) is 2.37. The van der Waals surface area contributed by atoms with Crippen molar-refractivity contribution in [2.75, 3.05) is 13.6 Å². The number of rotatable bonds is 4. The van der Waals surface area contributed by atoms with E-state index < -0.39 is 0 Å². The first-order chi connectivity index (χ1) is 8.65. The van der Waals surface area contributed by atoms with Crippen molar-refractivity contribution in [1.82, 2.24) is 4.90 Å². The van der Waals surface area contributed by atoms with Crippen LogP contribution >= 0.6 is 0 Å². The lowest BCUT2D eigenvalue weighted by Gasteiger charge is -2.34. The summed E-state index contributed by atoms with van der Waals surface area (Å²) in [5.74, 6) is 0.988. The second kappa shape index (κ2) is 5.72. The molecule has 0 aliphatic heterocycles. The van der Waals surface area contributed by atoms with E-state index in [1.54, 1.807) is 6.07 Å². The van der Waals surface area contributed by atoms with E-state index in [1.165, 1.54) is 19.3 Å². The lowest BCUT2D eigenvalue weighted by atomic mass is 9.98. The van der Waals surface area contributed by atoms with Crippen LogP contribution in [-0.4, -0.2) is 29.6 Å². The third kappa shape index (κ3) is 2.52. The number of hydrogen-bond donors (Lipinski definition) is 2. The third-order valence-corrected chi connectivity index (χ3v) is 4.44. The molecular weight excluding hydrogens is 224 g/mol. The zero-order chi connectivity index (χ0) is 13.1. The molecule has 0 heterocycles. The normalized spacial score (nSPS) is 25.6. The van der Waals surface area contributed by atoms with Gasteiger partial charge in [-0.25, -0.2) is 0 Å². The minimum Gasteiger partial charge on any atom is -0.508 e. The van der Waals surface area contributed by atoms with Crippen LogP contribution in [0, 0.1) is 5.92 Å². The number of para-hydroxylation sites is 1. The van der Waals surface area contributed by atoms with E-state index in [2.05, 4.69) is 18.9 Å². The fraction of sp³-hybridized carbons (Fsp3) is 0.600. The highest BCUT2D eigenvalue weighted by Crippen LogP contribution is 2.35. The number of nitrogens with two attached hydrogens (primary N) is 1. The number of benzene rings is 1. The molecule has 3 nitrogen and oxygen atoms in total. The second-order valence-corrected chi connectivity index (χ2v) is 5.39. The van der Waals surface area contributed by atoms with Crippen LogP contribution in [0.15, 0.2) is 24.3 Å². The maximum absolute atomic E-state index is 9.94. The summed E-state index contributed by atoms with van der Waals surface area (Å²) in [5.41, 5.74) is 6.86. The molecule has 100 valence electrons. The summed E-state index contributed by atoms with van der Waals surface area (Å²) in [5, 5.41) is 9.94. The molecule has 3 N–H and O–H groups in total.